The molecule has 0 bridgehead atoms. The smallest absolute Gasteiger partial charge is 0.251 e. The van der Waals surface area contributed by atoms with Crippen LogP contribution in [0, 0.1) is 0 Å². The number of hydrogen-bond donors (Lipinski definition) is 11. The normalized spacial score (nSPS) is 27.5. The summed E-state index contributed by atoms with van der Waals surface area (Å²) in [4.78, 5) is 38.6. The summed E-state index contributed by atoms with van der Waals surface area (Å²) in [6, 6.07) is 4.15. The number of nitrogens with zero attached hydrogens (tertiary/aromatic N) is 6. The summed E-state index contributed by atoms with van der Waals surface area (Å²) < 4.78 is 24.3. The number of ether oxygens (including phenoxy) is 4. The van der Waals surface area contributed by atoms with Crippen LogP contribution < -0.4 is 16.0 Å². The van der Waals surface area contributed by atoms with Crippen LogP contribution in [0.5, 0.6) is 0 Å². The van der Waals surface area contributed by atoms with Gasteiger partial charge >= 0.3 is 0 Å². The van der Waals surface area contributed by atoms with Crippen LogP contribution in [0.1, 0.15) is 45.4 Å². The van der Waals surface area contributed by atoms with Gasteiger partial charge in [-0.05, 0) is 18.2 Å². The molecule has 0 saturated carbocycles. The molecular weight excluding hydrogens is 762 g/mol. The minimum atomic E-state index is -1.58. The highest BCUT2D eigenvalue weighted by Gasteiger charge is 2.45. The van der Waals surface area contributed by atoms with Crippen LogP contribution >= 0.6 is 0 Å². The van der Waals surface area contributed by atoms with Crippen LogP contribution in [0.4, 0.5) is 5.69 Å². The molecule has 11 N–H and O–H groups in total. The van der Waals surface area contributed by atoms with Gasteiger partial charge in [-0.3, -0.25) is 14.4 Å². The van der Waals surface area contributed by atoms with E-state index in [9.17, 15) is 55.2 Å². The molecule has 2 aliphatic heterocycles. The molecule has 2 aromatic heterocycles. The number of aliphatic hydroxyl groups is 8. The van der Waals surface area contributed by atoms with Gasteiger partial charge in [-0.1, -0.05) is 17.4 Å². The number of aromatic nitrogens is 6. The van der Waals surface area contributed by atoms with Gasteiger partial charge in [0.2, 0.25) is 5.91 Å². The third-order valence-electron chi connectivity index (χ3n) is 9.00. The van der Waals surface area contributed by atoms with E-state index in [1.165, 1.54) is 40.0 Å². The van der Waals surface area contributed by atoms with Gasteiger partial charge in [0.25, 0.3) is 11.8 Å². The molecule has 10 atom stereocenters. The molecule has 0 unspecified atom stereocenters. The molecule has 0 radical (unpaired) electrons. The van der Waals surface area contributed by atoms with E-state index in [0.717, 1.165) is 0 Å². The number of rotatable bonds is 18. The Morgan fingerprint density at radius 3 is 1.53 bits per heavy atom. The van der Waals surface area contributed by atoms with E-state index in [2.05, 4.69) is 36.6 Å². The Morgan fingerprint density at radius 2 is 1.12 bits per heavy atom. The van der Waals surface area contributed by atoms with Crippen molar-refractivity contribution in [2.45, 2.75) is 101 Å². The van der Waals surface area contributed by atoms with Gasteiger partial charge < -0.3 is 75.8 Å². The number of aliphatic hydroxyl groups excluding tert-OH is 8. The molecule has 3 aromatic rings. The van der Waals surface area contributed by atoms with E-state index >= 15 is 0 Å². The molecule has 314 valence electrons. The van der Waals surface area contributed by atoms with Crippen molar-refractivity contribution in [3.05, 3.63) is 53.1 Å². The first-order valence-electron chi connectivity index (χ1n) is 17.9. The highest BCUT2D eigenvalue weighted by Crippen LogP contribution is 2.23. The molecule has 5 rings (SSSR count). The Kier molecular flexibility index (Phi) is 15.4. The van der Waals surface area contributed by atoms with Gasteiger partial charge in [-0.2, -0.15) is 0 Å². The predicted molar refractivity (Wildman–Crippen MR) is 187 cm³/mol. The van der Waals surface area contributed by atoms with Crippen LogP contribution in [0.2, 0.25) is 0 Å². The number of anilines is 1. The van der Waals surface area contributed by atoms with Gasteiger partial charge in [-0.15, -0.1) is 10.2 Å². The Hall–Kier alpha value is -4.57. The Balaban J connectivity index is 1.12. The molecule has 3 amide bonds. The Morgan fingerprint density at radius 1 is 0.684 bits per heavy atom. The maximum atomic E-state index is 13.2. The number of nitrogens with one attached hydrogen (secondary N) is 3. The van der Waals surface area contributed by atoms with Crippen molar-refractivity contribution < 1.29 is 74.2 Å². The van der Waals surface area contributed by atoms with Gasteiger partial charge in [0.1, 0.15) is 60.2 Å². The first kappa shape index (κ1) is 43.6. The fourth-order valence-corrected chi connectivity index (χ4v) is 5.75. The van der Waals surface area contributed by atoms with Crippen molar-refractivity contribution >= 4 is 23.4 Å². The van der Waals surface area contributed by atoms with E-state index < -0.39 is 86.4 Å². The van der Waals surface area contributed by atoms with Crippen molar-refractivity contribution in [3.63, 3.8) is 0 Å². The molecule has 0 aliphatic carbocycles. The zero-order chi connectivity index (χ0) is 41.2. The molecule has 2 aliphatic rings. The fraction of sp³-hybridized carbons (Fsp3) is 0.606. The van der Waals surface area contributed by atoms with Gasteiger partial charge in [0, 0.05) is 23.2 Å². The zero-order valence-corrected chi connectivity index (χ0v) is 30.6. The number of amides is 3. The molecular formula is C33H47N9O15. The van der Waals surface area contributed by atoms with Crippen LogP contribution in [0.3, 0.4) is 0 Å². The Bertz CT molecular complexity index is 1680. The molecule has 0 spiro atoms. The lowest BCUT2D eigenvalue weighted by atomic mass is 9.99. The molecule has 2 fully saturated rings. The van der Waals surface area contributed by atoms with Crippen molar-refractivity contribution in [2.24, 2.45) is 0 Å². The summed E-state index contributed by atoms with van der Waals surface area (Å²) in [5.74, 6) is -1.53. The fourth-order valence-electron chi connectivity index (χ4n) is 5.75. The SMILES string of the molecule is CCC(=O)Nc1cc(C(=O)NCc2cn(CCO[C@@H]3O[C@H](CO)[C@H](O)[C@H](O)[C@H]3O)nn2)cc(C(=O)NCc2cn(CCO[C@@H]3O[C@H](CO)[C@H](O)[C@H](O)[C@H]3O)nn2)c1. The zero-order valence-electron chi connectivity index (χ0n) is 30.6. The number of carbonyl (C=O) groups is 3. The van der Waals surface area contributed by atoms with Crippen LogP contribution in [-0.2, 0) is 49.9 Å². The van der Waals surface area contributed by atoms with Crippen molar-refractivity contribution in [1.82, 2.24) is 40.6 Å². The number of carbonyl (C=O) groups excluding carboxylic acids is 3. The maximum Gasteiger partial charge on any atom is 0.251 e. The summed E-state index contributed by atoms with van der Waals surface area (Å²) >= 11 is 0. The quantitative estimate of drug-likeness (QED) is 0.0572. The molecule has 4 heterocycles. The van der Waals surface area contributed by atoms with Crippen molar-refractivity contribution in [3.8, 4) is 0 Å². The van der Waals surface area contributed by atoms with Crippen molar-refractivity contribution in [1.29, 1.82) is 0 Å². The maximum absolute atomic E-state index is 13.2. The van der Waals surface area contributed by atoms with E-state index in [1.54, 1.807) is 6.92 Å². The second kappa shape index (κ2) is 20.2. The van der Waals surface area contributed by atoms with E-state index in [0.29, 0.717) is 11.4 Å². The summed E-state index contributed by atoms with van der Waals surface area (Å²) in [6.45, 7) is 0.466. The molecule has 24 heteroatoms. The highest BCUT2D eigenvalue weighted by atomic mass is 16.7. The minimum Gasteiger partial charge on any atom is -0.394 e. The van der Waals surface area contributed by atoms with E-state index in [4.69, 9.17) is 18.9 Å². The van der Waals surface area contributed by atoms with Gasteiger partial charge in [0.05, 0.1) is 65.0 Å². The summed E-state index contributed by atoms with van der Waals surface area (Å²) in [6.07, 6.45) is -10.9. The van der Waals surface area contributed by atoms with E-state index in [-0.39, 0.29) is 68.5 Å². The molecule has 57 heavy (non-hydrogen) atoms. The standard InChI is InChI=1S/C33H47N9O15/c1-2-23(45)36-18-8-16(30(52)34-10-19-12-41(39-37-19)3-5-54-32-28(50)26(48)24(46)21(14-43)56-32)7-17(9-18)31(53)35-11-20-13-42(40-38-20)4-6-55-33-29(51)27(49)25(47)22(15-44)57-33/h7-9,12-13,21-22,24-29,32-33,43-44,46-51H,2-6,10-11,14-15H2,1H3,(H,34,52)(H,35,53)(H,36,45)/t21-,22-,24+,25+,26+,27+,28-,29-,32-,33-/m1/s1. The second-order valence-electron chi connectivity index (χ2n) is 13.1. The first-order chi connectivity index (χ1) is 27.3. The van der Waals surface area contributed by atoms with E-state index in [1.807, 2.05) is 0 Å². The van der Waals surface area contributed by atoms with Crippen LogP contribution in [0.25, 0.3) is 0 Å². The summed E-state index contributed by atoms with van der Waals surface area (Å²) in [7, 11) is 0. The van der Waals surface area contributed by atoms with Crippen molar-refractivity contribution in [2.75, 3.05) is 31.7 Å². The molecule has 2 saturated heterocycles. The Labute approximate surface area is 323 Å². The second-order valence-corrected chi connectivity index (χ2v) is 13.1. The average Bonchev–Trinajstić information content (AvgIpc) is 3.88. The third-order valence-corrected chi connectivity index (χ3v) is 9.00. The number of hydrogen-bond acceptors (Lipinski definition) is 19. The monoisotopic (exact) mass is 809 g/mol. The highest BCUT2D eigenvalue weighted by molar-refractivity contribution is 6.02. The lowest BCUT2D eigenvalue weighted by Crippen LogP contribution is -2.59. The molecule has 24 nitrogen and oxygen atoms in total. The first-order valence-corrected chi connectivity index (χ1v) is 17.9. The summed E-state index contributed by atoms with van der Waals surface area (Å²) in [5, 5.41) is 103. The third kappa shape index (κ3) is 11.3. The van der Waals surface area contributed by atoms with Crippen LogP contribution in [-0.4, -0.2) is 176 Å². The lowest BCUT2D eigenvalue weighted by Gasteiger charge is -2.39. The number of benzene rings is 1. The topological polar surface area (TPSA) is 347 Å². The largest absolute Gasteiger partial charge is 0.394 e. The lowest BCUT2D eigenvalue weighted by molar-refractivity contribution is -0.301. The van der Waals surface area contributed by atoms with Gasteiger partial charge in [0.15, 0.2) is 12.6 Å². The average molecular weight is 810 g/mol. The van der Waals surface area contributed by atoms with Crippen LogP contribution in [0.15, 0.2) is 30.6 Å². The van der Waals surface area contributed by atoms with Gasteiger partial charge in [-0.25, -0.2) is 9.36 Å². The summed E-state index contributed by atoms with van der Waals surface area (Å²) in [5.41, 5.74) is 1.03. The minimum absolute atomic E-state index is 0.0547. The molecule has 1 aromatic carbocycles. The predicted octanol–water partition coefficient (Wildman–Crippen LogP) is -5.29.